The Morgan fingerprint density at radius 3 is 2.47 bits per heavy atom. The van der Waals surface area contributed by atoms with Gasteiger partial charge in [-0.05, 0) is 30.0 Å². The van der Waals surface area contributed by atoms with Crippen molar-refractivity contribution in [1.82, 2.24) is 0 Å². The molecule has 108 valence electrons. The topological polar surface area (TPSA) is 38.7 Å². The number of halogens is 2. The first-order valence-corrected chi connectivity index (χ1v) is 6.30. The first-order valence-electron chi connectivity index (χ1n) is 6.30. The van der Waals surface area contributed by atoms with Crippen molar-refractivity contribution in [2.24, 2.45) is 5.92 Å². The van der Waals surface area contributed by atoms with Gasteiger partial charge in [0.05, 0.1) is 13.2 Å². The van der Waals surface area contributed by atoms with Gasteiger partial charge in [0.2, 0.25) is 0 Å². The molecule has 3 nitrogen and oxygen atoms in total. The summed E-state index contributed by atoms with van der Waals surface area (Å²) in [5.74, 6) is 0.218. The lowest BCUT2D eigenvalue weighted by Gasteiger charge is -2.20. The summed E-state index contributed by atoms with van der Waals surface area (Å²) in [6, 6.07) is 4.59. The van der Waals surface area contributed by atoms with E-state index in [0.29, 0.717) is 5.56 Å². The van der Waals surface area contributed by atoms with Crippen LogP contribution >= 0.6 is 0 Å². The summed E-state index contributed by atoms with van der Waals surface area (Å²) < 4.78 is 34.0. The lowest BCUT2D eigenvalue weighted by molar-refractivity contribution is -0.0514. The van der Waals surface area contributed by atoms with Crippen molar-refractivity contribution in [2.45, 2.75) is 39.4 Å². The lowest BCUT2D eigenvalue weighted by Crippen LogP contribution is -2.10. The first-order chi connectivity index (χ1) is 8.99. The number of alkyl halides is 2. The van der Waals surface area contributed by atoms with Crippen LogP contribution in [0.2, 0.25) is 0 Å². The number of aliphatic hydroxyl groups excluding tert-OH is 1. The molecule has 2 atom stereocenters. The van der Waals surface area contributed by atoms with E-state index in [1.165, 1.54) is 19.2 Å². The highest BCUT2D eigenvalue weighted by atomic mass is 19.3. The molecule has 5 heteroatoms. The second-order valence-electron chi connectivity index (χ2n) is 4.50. The van der Waals surface area contributed by atoms with Gasteiger partial charge >= 0.3 is 6.61 Å². The molecule has 19 heavy (non-hydrogen) atoms. The van der Waals surface area contributed by atoms with Crippen molar-refractivity contribution in [2.75, 3.05) is 7.11 Å². The van der Waals surface area contributed by atoms with Gasteiger partial charge in [-0.15, -0.1) is 0 Å². The first kappa shape index (κ1) is 15.7. The van der Waals surface area contributed by atoms with Crippen LogP contribution in [-0.2, 0) is 0 Å². The molecule has 0 radical (unpaired) electrons. The Kier molecular flexibility index (Phi) is 6.02. The van der Waals surface area contributed by atoms with Crippen molar-refractivity contribution >= 4 is 0 Å². The van der Waals surface area contributed by atoms with Gasteiger partial charge in [0.15, 0.2) is 11.5 Å². The molecule has 0 aromatic heterocycles. The summed E-state index contributed by atoms with van der Waals surface area (Å²) in [5, 5.41) is 10.2. The van der Waals surface area contributed by atoms with Crippen LogP contribution in [0.3, 0.4) is 0 Å². The van der Waals surface area contributed by atoms with Crippen molar-refractivity contribution < 1.29 is 23.4 Å². The fourth-order valence-corrected chi connectivity index (χ4v) is 2.01. The fourth-order valence-electron chi connectivity index (χ4n) is 2.01. The molecule has 1 aromatic rings. The molecule has 0 bridgehead atoms. The zero-order chi connectivity index (χ0) is 14.4. The molecule has 0 aliphatic carbocycles. The van der Waals surface area contributed by atoms with Gasteiger partial charge in [-0.1, -0.05) is 26.3 Å². The largest absolute Gasteiger partial charge is 0.493 e. The highest BCUT2D eigenvalue weighted by molar-refractivity contribution is 5.43. The average molecular weight is 274 g/mol. The number of rotatable bonds is 7. The van der Waals surface area contributed by atoms with Gasteiger partial charge in [0.1, 0.15) is 0 Å². The van der Waals surface area contributed by atoms with Crippen LogP contribution in [-0.4, -0.2) is 18.8 Å². The Labute approximate surface area is 112 Å². The van der Waals surface area contributed by atoms with E-state index in [1.807, 2.05) is 13.8 Å². The van der Waals surface area contributed by atoms with Gasteiger partial charge in [0, 0.05) is 0 Å². The zero-order valence-electron chi connectivity index (χ0n) is 11.4. The van der Waals surface area contributed by atoms with E-state index < -0.39 is 12.7 Å². The van der Waals surface area contributed by atoms with Crippen LogP contribution in [0.4, 0.5) is 8.78 Å². The number of hydrogen-bond donors (Lipinski definition) is 1. The Balaban J connectivity index is 2.96. The van der Waals surface area contributed by atoms with E-state index in [2.05, 4.69) is 4.74 Å². The Hall–Kier alpha value is -1.36. The lowest BCUT2D eigenvalue weighted by atomic mass is 9.93. The van der Waals surface area contributed by atoms with Crippen molar-refractivity contribution in [3.8, 4) is 11.5 Å². The molecule has 0 aliphatic heterocycles. The summed E-state index contributed by atoms with van der Waals surface area (Å²) in [5.41, 5.74) is 0.553. The molecular formula is C14H20F2O3. The Morgan fingerprint density at radius 1 is 1.26 bits per heavy atom. The van der Waals surface area contributed by atoms with Crippen molar-refractivity contribution in [3.63, 3.8) is 0 Å². The van der Waals surface area contributed by atoms with E-state index in [1.54, 1.807) is 6.07 Å². The SMILES string of the molecule is CCCC(C)C(O)c1ccc(OC)c(OC(F)F)c1. The highest BCUT2D eigenvalue weighted by Crippen LogP contribution is 2.34. The number of hydrogen-bond acceptors (Lipinski definition) is 3. The third kappa shape index (κ3) is 4.35. The Bertz CT molecular complexity index is 396. The maximum atomic E-state index is 12.3. The van der Waals surface area contributed by atoms with Crippen LogP contribution in [0.1, 0.15) is 38.4 Å². The molecule has 1 rings (SSSR count). The number of benzene rings is 1. The van der Waals surface area contributed by atoms with Gasteiger partial charge in [-0.3, -0.25) is 0 Å². The molecule has 0 heterocycles. The highest BCUT2D eigenvalue weighted by Gasteiger charge is 2.19. The van der Waals surface area contributed by atoms with Crippen LogP contribution in [0.15, 0.2) is 18.2 Å². The van der Waals surface area contributed by atoms with E-state index in [-0.39, 0.29) is 17.4 Å². The summed E-state index contributed by atoms with van der Waals surface area (Å²) in [6.45, 7) is 1.03. The maximum Gasteiger partial charge on any atom is 0.387 e. The Morgan fingerprint density at radius 2 is 1.95 bits per heavy atom. The van der Waals surface area contributed by atoms with Crippen LogP contribution in [0.25, 0.3) is 0 Å². The molecule has 0 saturated carbocycles. The summed E-state index contributed by atoms with van der Waals surface area (Å²) in [7, 11) is 1.38. The van der Waals surface area contributed by atoms with Gasteiger partial charge in [-0.2, -0.15) is 8.78 Å². The normalized spacial score (nSPS) is 14.3. The monoisotopic (exact) mass is 274 g/mol. The number of aliphatic hydroxyl groups is 1. The van der Waals surface area contributed by atoms with Crippen molar-refractivity contribution in [3.05, 3.63) is 23.8 Å². The third-order valence-corrected chi connectivity index (χ3v) is 3.03. The standard InChI is InChI=1S/C14H20F2O3/c1-4-5-9(2)13(17)10-6-7-11(18-3)12(8-10)19-14(15)16/h6-9,13-14,17H,4-5H2,1-3H3. The molecule has 0 fully saturated rings. The van der Waals surface area contributed by atoms with Crippen LogP contribution in [0.5, 0.6) is 11.5 Å². The fraction of sp³-hybridized carbons (Fsp3) is 0.571. The minimum absolute atomic E-state index is 0.0535. The second-order valence-corrected chi connectivity index (χ2v) is 4.50. The molecule has 0 aliphatic rings. The maximum absolute atomic E-state index is 12.3. The smallest absolute Gasteiger partial charge is 0.387 e. The number of methoxy groups -OCH3 is 1. The number of ether oxygens (including phenoxy) is 2. The van der Waals surface area contributed by atoms with E-state index >= 15 is 0 Å². The molecule has 0 amide bonds. The molecule has 1 N–H and O–H groups in total. The van der Waals surface area contributed by atoms with E-state index in [0.717, 1.165) is 12.8 Å². The summed E-state index contributed by atoms with van der Waals surface area (Å²) >= 11 is 0. The molecule has 0 saturated heterocycles. The molecule has 2 unspecified atom stereocenters. The predicted molar refractivity (Wildman–Crippen MR) is 68.7 cm³/mol. The second kappa shape index (κ2) is 7.28. The predicted octanol–water partition coefficient (Wildman–Crippen LogP) is 3.77. The van der Waals surface area contributed by atoms with E-state index in [9.17, 15) is 13.9 Å². The molecule has 1 aromatic carbocycles. The summed E-state index contributed by atoms with van der Waals surface area (Å²) in [6.07, 6.45) is 1.11. The average Bonchev–Trinajstić information content (AvgIpc) is 2.37. The third-order valence-electron chi connectivity index (χ3n) is 3.03. The van der Waals surface area contributed by atoms with Crippen LogP contribution < -0.4 is 9.47 Å². The van der Waals surface area contributed by atoms with Crippen LogP contribution in [0, 0.1) is 5.92 Å². The van der Waals surface area contributed by atoms with Crippen molar-refractivity contribution in [1.29, 1.82) is 0 Å². The van der Waals surface area contributed by atoms with Gasteiger partial charge in [-0.25, -0.2) is 0 Å². The zero-order valence-corrected chi connectivity index (χ0v) is 11.4. The summed E-state index contributed by atoms with van der Waals surface area (Å²) in [4.78, 5) is 0. The molecular weight excluding hydrogens is 254 g/mol. The van der Waals surface area contributed by atoms with Gasteiger partial charge in [0.25, 0.3) is 0 Å². The quantitative estimate of drug-likeness (QED) is 0.822. The minimum Gasteiger partial charge on any atom is -0.493 e. The molecule has 0 spiro atoms. The van der Waals surface area contributed by atoms with E-state index in [4.69, 9.17) is 4.74 Å². The minimum atomic E-state index is -2.92. The van der Waals surface area contributed by atoms with Gasteiger partial charge < -0.3 is 14.6 Å².